The van der Waals surface area contributed by atoms with Crippen molar-refractivity contribution < 1.29 is 18.7 Å². The maximum absolute atomic E-state index is 15.3. The number of fused-ring (bicyclic) bond motifs is 1. The van der Waals surface area contributed by atoms with Crippen LogP contribution in [0, 0.1) is 11.6 Å². The zero-order valence-electron chi connectivity index (χ0n) is 16.3. The van der Waals surface area contributed by atoms with E-state index in [1.54, 1.807) is 29.2 Å². The van der Waals surface area contributed by atoms with Gasteiger partial charge in [-0.15, -0.1) is 0 Å². The summed E-state index contributed by atoms with van der Waals surface area (Å²) in [4.78, 5) is 18.5. The van der Waals surface area contributed by atoms with Crippen molar-refractivity contribution >= 4 is 51.4 Å². The lowest BCUT2D eigenvalue weighted by Crippen LogP contribution is -2.61. The van der Waals surface area contributed by atoms with Gasteiger partial charge in [-0.2, -0.15) is 0 Å². The molecule has 10 heteroatoms. The van der Waals surface area contributed by atoms with Gasteiger partial charge in [0.2, 0.25) is 0 Å². The number of amides is 1. The summed E-state index contributed by atoms with van der Waals surface area (Å²) in [5.74, 6) is -1.40. The lowest BCUT2D eigenvalue weighted by atomic mass is 9.99. The lowest BCUT2D eigenvalue weighted by molar-refractivity contribution is 0.0883. The molecule has 2 heterocycles. The van der Waals surface area contributed by atoms with Gasteiger partial charge in [0.1, 0.15) is 16.5 Å². The van der Waals surface area contributed by atoms with Gasteiger partial charge in [-0.3, -0.25) is 4.98 Å². The number of pyridine rings is 1. The molecule has 1 amide bonds. The van der Waals surface area contributed by atoms with Crippen LogP contribution < -0.4 is 5.73 Å². The molecule has 2 aromatic carbocycles. The first kappa shape index (κ1) is 21.2. The normalized spacial score (nSPS) is 13.9. The van der Waals surface area contributed by atoms with Crippen molar-refractivity contribution in [2.24, 2.45) is 0 Å². The number of anilines is 1. The average molecular weight is 463 g/mol. The SMILES string of the molecule is CN(C(=O)O)C1CN(C(=S)c2cnc(-c3cccc4ccc(F)c(Cl)c34)c(F)c2N)C1. The van der Waals surface area contributed by atoms with Gasteiger partial charge in [-0.25, -0.2) is 13.6 Å². The number of aromatic nitrogens is 1. The smallest absolute Gasteiger partial charge is 0.407 e. The van der Waals surface area contributed by atoms with Crippen LogP contribution in [0.25, 0.3) is 22.0 Å². The fourth-order valence-corrected chi connectivity index (χ4v) is 4.14. The molecule has 0 aliphatic carbocycles. The van der Waals surface area contributed by atoms with Crippen molar-refractivity contribution in [3.05, 3.63) is 58.7 Å². The predicted octanol–water partition coefficient (Wildman–Crippen LogP) is 4.39. The summed E-state index contributed by atoms with van der Waals surface area (Å²) in [6, 6.07) is 7.62. The van der Waals surface area contributed by atoms with Gasteiger partial charge in [-0.05, 0) is 11.5 Å². The maximum atomic E-state index is 15.3. The highest BCUT2D eigenvalue weighted by atomic mass is 35.5. The van der Waals surface area contributed by atoms with E-state index in [2.05, 4.69) is 4.98 Å². The molecular weight excluding hydrogens is 446 g/mol. The van der Waals surface area contributed by atoms with Crippen LogP contribution in [0.2, 0.25) is 5.02 Å². The summed E-state index contributed by atoms with van der Waals surface area (Å²) in [5, 5.41) is 9.91. The summed E-state index contributed by atoms with van der Waals surface area (Å²) in [6.45, 7) is 0.755. The Morgan fingerprint density at radius 1 is 1.32 bits per heavy atom. The van der Waals surface area contributed by atoms with E-state index < -0.39 is 17.7 Å². The van der Waals surface area contributed by atoms with E-state index in [4.69, 9.17) is 34.7 Å². The summed E-state index contributed by atoms with van der Waals surface area (Å²) in [5.41, 5.74) is 6.36. The number of likely N-dealkylation sites (N-methyl/N-ethyl adjacent to an activating group) is 1. The Hall–Kier alpha value is -3.04. The zero-order chi connectivity index (χ0) is 22.4. The maximum Gasteiger partial charge on any atom is 0.407 e. The number of thiocarbonyl (C=S) groups is 1. The molecule has 1 saturated heterocycles. The number of carboxylic acid groups (broad SMARTS) is 1. The summed E-state index contributed by atoms with van der Waals surface area (Å²) in [6.07, 6.45) is 0.341. The summed E-state index contributed by atoms with van der Waals surface area (Å²) >= 11 is 11.6. The number of likely N-dealkylation sites (tertiary alicyclic amines) is 1. The first-order chi connectivity index (χ1) is 14.7. The molecule has 31 heavy (non-hydrogen) atoms. The molecule has 0 atom stereocenters. The van der Waals surface area contributed by atoms with E-state index in [9.17, 15) is 9.18 Å². The quantitative estimate of drug-likeness (QED) is 0.562. The Labute approximate surface area is 186 Å². The lowest BCUT2D eigenvalue weighted by Gasteiger charge is -2.44. The summed E-state index contributed by atoms with van der Waals surface area (Å²) < 4.78 is 29.3. The third kappa shape index (κ3) is 3.53. The monoisotopic (exact) mass is 462 g/mol. The number of hydrogen-bond donors (Lipinski definition) is 2. The second kappa shape index (κ2) is 7.90. The van der Waals surface area contributed by atoms with Gasteiger partial charge in [0.15, 0.2) is 5.82 Å². The van der Waals surface area contributed by atoms with Crippen molar-refractivity contribution in [2.75, 3.05) is 25.9 Å². The van der Waals surface area contributed by atoms with Crippen molar-refractivity contribution in [1.29, 1.82) is 0 Å². The first-order valence-corrected chi connectivity index (χ1v) is 10.1. The number of hydrogen-bond acceptors (Lipinski definition) is 4. The molecule has 0 spiro atoms. The highest BCUT2D eigenvalue weighted by molar-refractivity contribution is 7.80. The van der Waals surface area contributed by atoms with Crippen LogP contribution in [0.15, 0.2) is 36.5 Å². The third-order valence-electron chi connectivity index (χ3n) is 5.48. The van der Waals surface area contributed by atoms with E-state index in [0.717, 1.165) is 0 Å². The molecule has 0 bridgehead atoms. The van der Waals surface area contributed by atoms with Gasteiger partial charge in [0.05, 0.1) is 22.3 Å². The molecule has 1 fully saturated rings. The van der Waals surface area contributed by atoms with E-state index in [1.807, 2.05) is 0 Å². The van der Waals surface area contributed by atoms with Crippen LogP contribution in [0.3, 0.4) is 0 Å². The Balaban J connectivity index is 1.68. The molecule has 1 aromatic heterocycles. The number of benzene rings is 2. The molecule has 160 valence electrons. The topological polar surface area (TPSA) is 82.7 Å². The fourth-order valence-electron chi connectivity index (χ4n) is 3.56. The Morgan fingerprint density at radius 2 is 2.03 bits per heavy atom. The molecule has 4 rings (SSSR count). The Morgan fingerprint density at radius 3 is 2.71 bits per heavy atom. The largest absolute Gasteiger partial charge is 0.465 e. The van der Waals surface area contributed by atoms with Gasteiger partial charge >= 0.3 is 6.09 Å². The number of nitrogen functional groups attached to an aromatic ring is 1. The zero-order valence-corrected chi connectivity index (χ0v) is 17.8. The highest BCUT2D eigenvalue weighted by Crippen LogP contribution is 2.37. The number of nitrogens with zero attached hydrogens (tertiary/aromatic N) is 3. The van der Waals surface area contributed by atoms with Crippen LogP contribution in [-0.4, -0.2) is 57.2 Å². The first-order valence-electron chi connectivity index (χ1n) is 9.26. The van der Waals surface area contributed by atoms with E-state index in [-0.39, 0.29) is 33.0 Å². The van der Waals surface area contributed by atoms with E-state index >= 15 is 4.39 Å². The van der Waals surface area contributed by atoms with Crippen LogP contribution in [0.1, 0.15) is 5.56 Å². The van der Waals surface area contributed by atoms with Crippen LogP contribution in [0.4, 0.5) is 19.3 Å². The minimum Gasteiger partial charge on any atom is -0.465 e. The minimum absolute atomic E-state index is 0.0609. The third-order valence-corrected chi connectivity index (χ3v) is 6.32. The van der Waals surface area contributed by atoms with Gasteiger partial charge in [0, 0.05) is 37.3 Å². The fraction of sp³-hybridized carbons (Fsp3) is 0.190. The Kier molecular flexibility index (Phi) is 5.40. The van der Waals surface area contributed by atoms with Crippen molar-refractivity contribution in [3.8, 4) is 11.3 Å². The number of carbonyl (C=O) groups is 1. The van der Waals surface area contributed by atoms with Crippen LogP contribution >= 0.6 is 23.8 Å². The second-order valence-corrected chi connectivity index (χ2v) is 8.04. The molecule has 0 unspecified atom stereocenters. The second-order valence-electron chi connectivity index (χ2n) is 7.27. The van der Waals surface area contributed by atoms with Crippen molar-refractivity contribution in [2.45, 2.75) is 6.04 Å². The highest BCUT2D eigenvalue weighted by Gasteiger charge is 2.35. The summed E-state index contributed by atoms with van der Waals surface area (Å²) in [7, 11) is 1.48. The number of halogens is 3. The molecule has 1 aliphatic rings. The molecular formula is C21H17ClF2N4O2S. The molecule has 0 saturated carbocycles. The van der Waals surface area contributed by atoms with E-state index in [1.165, 1.54) is 24.2 Å². The average Bonchev–Trinajstić information content (AvgIpc) is 2.71. The molecule has 6 nitrogen and oxygen atoms in total. The van der Waals surface area contributed by atoms with Gasteiger partial charge in [0.25, 0.3) is 0 Å². The van der Waals surface area contributed by atoms with Crippen LogP contribution in [-0.2, 0) is 0 Å². The standard InChI is InChI=1S/C21H17ClF2N4O2S/c1-27(21(29)30)11-8-28(9-11)20(31)13-7-26-19(17(24)18(13)25)12-4-2-3-10-5-6-14(23)16(22)15(10)12/h2-7,11H,8-9H2,1H3,(H2,25,26)(H,29,30). The molecule has 1 aliphatic heterocycles. The van der Waals surface area contributed by atoms with Gasteiger partial charge < -0.3 is 20.6 Å². The van der Waals surface area contributed by atoms with Crippen molar-refractivity contribution in [3.63, 3.8) is 0 Å². The molecule has 3 N–H and O–H groups in total. The van der Waals surface area contributed by atoms with Crippen molar-refractivity contribution in [1.82, 2.24) is 14.8 Å². The van der Waals surface area contributed by atoms with Crippen LogP contribution in [0.5, 0.6) is 0 Å². The van der Waals surface area contributed by atoms with Gasteiger partial charge in [-0.1, -0.05) is 48.1 Å². The molecule has 0 radical (unpaired) electrons. The van der Waals surface area contributed by atoms with E-state index in [0.29, 0.717) is 29.4 Å². The Bertz CT molecular complexity index is 1230. The minimum atomic E-state index is -1.03. The number of nitrogens with two attached hydrogens (primary N) is 1. The number of rotatable bonds is 3. The predicted molar refractivity (Wildman–Crippen MR) is 119 cm³/mol. The molecule has 3 aromatic rings.